The number of hydrogen-bond acceptors (Lipinski definition) is 3. The molecule has 0 aliphatic carbocycles. The Kier molecular flexibility index (Phi) is 2.59. The van der Waals surface area contributed by atoms with Gasteiger partial charge >= 0.3 is 11.4 Å². The minimum atomic E-state index is -2.10. The molecule has 4 nitrogen and oxygen atoms in total. The van der Waals surface area contributed by atoms with Gasteiger partial charge in [-0.05, 0) is 6.42 Å². The highest BCUT2D eigenvalue weighted by molar-refractivity contribution is 7.74. The quantitative estimate of drug-likeness (QED) is 0.568. The first-order chi connectivity index (χ1) is 4.29. The lowest BCUT2D eigenvalue weighted by atomic mass is 10.2. The zero-order valence-corrected chi connectivity index (χ0v) is 5.76. The monoisotopic (exact) mass is 151 g/mol. The van der Waals surface area contributed by atoms with Crippen LogP contribution in [0.4, 0.5) is 0 Å². The fraction of sp³-hybridized carbons (Fsp3) is 1.00. The van der Waals surface area contributed by atoms with E-state index in [0.717, 1.165) is 13.1 Å². The summed E-state index contributed by atoms with van der Waals surface area (Å²) in [6.07, 6.45) is 1.17. The Hall–Kier alpha value is 0.0300. The smallest absolute Gasteiger partial charge is 0.284 e. The van der Waals surface area contributed by atoms with E-state index in [1.54, 1.807) is 0 Å². The number of nitrogens with zero attached hydrogens (tertiary/aromatic N) is 1. The van der Waals surface area contributed by atoms with Crippen LogP contribution in [0.25, 0.3) is 0 Å². The normalized spacial score (nSPS) is 23.2. The van der Waals surface area contributed by atoms with Crippen LogP contribution in [0.15, 0.2) is 0 Å². The summed E-state index contributed by atoms with van der Waals surface area (Å²) in [4.78, 5) is 1.95. The van der Waals surface area contributed by atoms with Gasteiger partial charge in [-0.3, -0.25) is 13.6 Å². The third kappa shape index (κ3) is 2.40. The molecule has 0 aromatic rings. The Balaban J connectivity index is 1.97. The lowest BCUT2D eigenvalue weighted by Crippen LogP contribution is -2.38. The second-order valence-corrected chi connectivity index (χ2v) is 2.61. The second-order valence-electron chi connectivity index (χ2n) is 1.94. The lowest BCUT2D eigenvalue weighted by Gasteiger charge is -2.28. The fourth-order valence-electron chi connectivity index (χ4n) is 0.630. The average molecular weight is 151 g/mol. The van der Waals surface area contributed by atoms with Gasteiger partial charge in [-0.25, -0.2) is 0 Å². The first-order valence-corrected chi connectivity index (χ1v) is 3.79. The van der Waals surface area contributed by atoms with Crippen molar-refractivity contribution >= 4 is 11.4 Å². The summed E-state index contributed by atoms with van der Waals surface area (Å²) in [5, 5.41) is 0. The summed E-state index contributed by atoms with van der Waals surface area (Å²) in [7, 11) is 0. The second kappa shape index (κ2) is 3.26. The number of likely N-dealkylation sites (tertiary alicyclic amines) is 1. The Labute approximate surface area is 56.3 Å². The SMILES string of the molecule is O=S(O)OCN1CCC1. The van der Waals surface area contributed by atoms with Crippen molar-refractivity contribution in [2.45, 2.75) is 6.42 Å². The molecule has 0 aromatic heterocycles. The Bertz CT molecular complexity index is 114. The van der Waals surface area contributed by atoms with E-state index in [4.69, 9.17) is 4.55 Å². The van der Waals surface area contributed by atoms with Gasteiger partial charge in [0.15, 0.2) is 0 Å². The van der Waals surface area contributed by atoms with Crippen molar-refractivity contribution in [1.29, 1.82) is 0 Å². The van der Waals surface area contributed by atoms with Crippen LogP contribution >= 0.6 is 0 Å². The highest BCUT2D eigenvalue weighted by Gasteiger charge is 2.13. The minimum Gasteiger partial charge on any atom is -0.284 e. The van der Waals surface area contributed by atoms with Gasteiger partial charge in [0.1, 0.15) is 6.73 Å². The molecule has 1 fully saturated rings. The molecule has 1 rings (SSSR count). The van der Waals surface area contributed by atoms with Crippen LogP contribution in [0.2, 0.25) is 0 Å². The van der Waals surface area contributed by atoms with Gasteiger partial charge in [-0.1, -0.05) is 0 Å². The van der Waals surface area contributed by atoms with E-state index < -0.39 is 11.4 Å². The average Bonchev–Trinajstić information content (AvgIpc) is 1.60. The van der Waals surface area contributed by atoms with E-state index in [2.05, 4.69) is 4.18 Å². The van der Waals surface area contributed by atoms with Crippen LogP contribution in [0.5, 0.6) is 0 Å². The maximum Gasteiger partial charge on any atom is 0.303 e. The minimum absolute atomic E-state index is 0.281. The molecular formula is C4H9NO3S. The zero-order chi connectivity index (χ0) is 6.69. The van der Waals surface area contributed by atoms with Crippen molar-refractivity contribution in [1.82, 2.24) is 4.90 Å². The molecule has 0 spiro atoms. The maximum atomic E-state index is 9.91. The molecule has 0 radical (unpaired) electrons. The van der Waals surface area contributed by atoms with Gasteiger partial charge in [-0.2, -0.15) is 4.21 Å². The van der Waals surface area contributed by atoms with Crippen LogP contribution in [0, 0.1) is 0 Å². The zero-order valence-electron chi connectivity index (χ0n) is 4.95. The molecule has 54 valence electrons. The van der Waals surface area contributed by atoms with E-state index >= 15 is 0 Å². The van der Waals surface area contributed by atoms with E-state index in [1.807, 2.05) is 4.90 Å². The van der Waals surface area contributed by atoms with Gasteiger partial charge in [0.05, 0.1) is 0 Å². The summed E-state index contributed by atoms with van der Waals surface area (Å²) in [5.74, 6) is 0. The summed E-state index contributed by atoms with van der Waals surface area (Å²) in [6, 6.07) is 0. The van der Waals surface area contributed by atoms with Gasteiger partial charge in [0.25, 0.3) is 0 Å². The van der Waals surface area contributed by atoms with Crippen molar-refractivity contribution < 1.29 is 12.9 Å². The van der Waals surface area contributed by atoms with Gasteiger partial charge in [-0.15, -0.1) is 0 Å². The van der Waals surface area contributed by atoms with Crippen molar-refractivity contribution in [3.05, 3.63) is 0 Å². The fourth-order valence-corrected chi connectivity index (χ4v) is 0.870. The first kappa shape index (κ1) is 7.14. The molecule has 1 heterocycles. The van der Waals surface area contributed by atoms with Crippen molar-refractivity contribution in [2.75, 3.05) is 19.8 Å². The van der Waals surface area contributed by atoms with E-state index in [9.17, 15) is 4.21 Å². The Morgan fingerprint density at radius 2 is 2.33 bits per heavy atom. The van der Waals surface area contributed by atoms with Gasteiger partial charge < -0.3 is 0 Å². The highest BCUT2D eigenvalue weighted by Crippen LogP contribution is 2.04. The van der Waals surface area contributed by atoms with Crippen molar-refractivity contribution in [3.8, 4) is 0 Å². The number of rotatable bonds is 3. The largest absolute Gasteiger partial charge is 0.303 e. The van der Waals surface area contributed by atoms with Gasteiger partial charge in [0.2, 0.25) is 0 Å². The molecule has 1 atom stereocenters. The van der Waals surface area contributed by atoms with Crippen LogP contribution in [0.3, 0.4) is 0 Å². The maximum absolute atomic E-state index is 9.91. The third-order valence-electron chi connectivity index (χ3n) is 1.28. The van der Waals surface area contributed by atoms with Crippen LogP contribution in [-0.2, 0) is 15.5 Å². The molecule has 1 aliphatic rings. The first-order valence-electron chi connectivity index (χ1n) is 2.75. The molecule has 0 amide bonds. The van der Waals surface area contributed by atoms with E-state index in [1.165, 1.54) is 6.42 Å². The molecule has 1 N–H and O–H groups in total. The predicted molar refractivity (Wildman–Crippen MR) is 32.9 cm³/mol. The summed E-state index contributed by atoms with van der Waals surface area (Å²) < 4.78 is 22.4. The topological polar surface area (TPSA) is 49.8 Å². The van der Waals surface area contributed by atoms with Crippen LogP contribution in [-0.4, -0.2) is 33.5 Å². The Morgan fingerprint density at radius 1 is 1.67 bits per heavy atom. The van der Waals surface area contributed by atoms with E-state index in [0.29, 0.717) is 0 Å². The van der Waals surface area contributed by atoms with Crippen LogP contribution in [0.1, 0.15) is 6.42 Å². The molecule has 0 saturated carbocycles. The van der Waals surface area contributed by atoms with Gasteiger partial charge in [0, 0.05) is 13.1 Å². The third-order valence-corrected chi connectivity index (χ3v) is 1.59. The van der Waals surface area contributed by atoms with Crippen LogP contribution < -0.4 is 0 Å². The summed E-state index contributed by atoms with van der Waals surface area (Å²) >= 11 is -2.10. The molecule has 0 aromatic carbocycles. The Morgan fingerprint density at radius 3 is 2.67 bits per heavy atom. The molecule has 0 bridgehead atoms. The highest BCUT2D eigenvalue weighted by atomic mass is 32.2. The van der Waals surface area contributed by atoms with Crippen molar-refractivity contribution in [2.24, 2.45) is 0 Å². The molecule has 1 unspecified atom stereocenters. The molecule has 1 saturated heterocycles. The van der Waals surface area contributed by atoms with E-state index in [-0.39, 0.29) is 6.73 Å². The predicted octanol–water partition coefficient (Wildman–Crippen LogP) is -0.197. The summed E-state index contributed by atoms with van der Waals surface area (Å²) in [6.45, 7) is 2.25. The number of hydrogen-bond donors (Lipinski definition) is 1. The molecular weight excluding hydrogens is 142 g/mol. The standard InChI is InChI=1S/C4H9NO3S/c6-9(7)8-4-5-2-1-3-5/h1-4H2,(H,6,7). The summed E-state index contributed by atoms with van der Waals surface area (Å²) in [5.41, 5.74) is 0. The molecule has 5 heteroatoms. The lowest BCUT2D eigenvalue weighted by molar-refractivity contribution is 0.0759. The van der Waals surface area contributed by atoms with Crippen molar-refractivity contribution in [3.63, 3.8) is 0 Å². The molecule has 9 heavy (non-hydrogen) atoms. The molecule has 1 aliphatic heterocycles.